The number of hydrogen-bond donors (Lipinski definition) is 1. The molecule has 0 saturated heterocycles. The van der Waals surface area contributed by atoms with Crippen LogP contribution in [-0.2, 0) is 11.3 Å². The van der Waals surface area contributed by atoms with E-state index in [0.717, 1.165) is 19.7 Å². The molecule has 0 aliphatic rings. The van der Waals surface area contributed by atoms with Crippen molar-refractivity contribution in [2.75, 3.05) is 20.3 Å². The molecule has 1 rings (SSSR count). The summed E-state index contributed by atoms with van der Waals surface area (Å²) < 4.78 is 6.97. The van der Waals surface area contributed by atoms with Crippen LogP contribution in [0.2, 0.25) is 0 Å². The summed E-state index contributed by atoms with van der Waals surface area (Å²) in [5, 5.41) is 7.48. The first-order valence-corrected chi connectivity index (χ1v) is 5.28. The van der Waals surface area contributed by atoms with Crippen LogP contribution in [0, 0.1) is 5.92 Å². The number of hydrogen-bond acceptors (Lipinski definition) is 4. The van der Waals surface area contributed by atoms with Gasteiger partial charge in [-0.1, -0.05) is 13.8 Å². The lowest BCUT2D eigenvalue weighted by molar-refractivity contribution is 0.146. The smallest absolute Gasteiger partial charge is 0.137 e. The summed E-state index contributed by atoms with van der Waals surface area (Å²) in [7, 11) is 1.73. The number of nitrogens with zero attached hydrogens (tertiary/aromatic N) is 3. The molecule has 5 nitrogen and oxygen atoms in total. The van der Waals surface area contributed by atoms with Gasteiger partial charge < -0.3 is 10.1 Å². The van der Waals surface area contributed by atoms with Crippen molar-refractivity contribution in [3.63, 3.8) is 0 Å². The van der Waals surface area contributed by atoms with Gasteiger partial charge in [-0.05, 0) is 5.92 Å². The summed E-state index contributed by atoms with van der Waals surface area (Å²) >= 11 is 0. The molecule has 0 amide bonds. The SMILES string of the molecule is COCC(NCCn1cncn1)C(C)C. The molecule has 1 aromatic heterocycles. The number of methoxy groups -OCH3 is 1. The zero-order valence-electron chi connectivity index (χ0n) is 9.68. The molecule has 1 heterocycles. The summed E-state index contributed by atoms with van der Waals surface area (Å²) in [4.78, 5) is 3.89. The van der Waals surface area contributed by atoms with Crippen molar-refractivity contribution in [3.05, 3.63) is 12.7 Å². The molecule has 1 N–H and O–H groups in total. The molecule has 15 heavy (non-hydrogen) atoms. The van der Waals surface area contributed by atoms with E-state index in [-0.39, 0.29) is 0 Å². The Morgan fingerprint density at radius 3 is 2.80 bits per heavy atom. The predicted octanol–water partition coefficient (Wildman–Crippen LogP) is 0.539. The predicted molar refractivity (Wildman–Crippen MR) is 58.5 cm³/mol. The van der Waals surface area contributed by atoms with E-state index in [0.29, 0.717) is 12.0 Å². The quantitative estimate of drug-likeness (QED) is 0.716. The molecule has 5 heteroatoms. The van der Waals surface area contributed by atoms with E-state index >= 15 is 0 Å². The van der Waals surface area contributed by atoms with Gasteiger partial charge in [-0.25, -0.2) is 4.98 Å². The van der Waals surface area contributed by atoms with Gasteiger partial charge in [-0.15, -0.1) is 0 Å². The Morgan fingerprint density at radius 2 is 2.27 bits per heavy atom. The molecule has 0 radical (unpaired) electrons. The summed E-state index contributed by atoms with van der Waals surface area (Å²) in [5.74, 6) is 0.570. The molecular formula is C10H20N4O. The van der Waals surface area contributed by atoms with Crippen molar-refractivity contribution in [3.8, 4) is 0 Å². The van der Waals surface area contributed by atoms with Crippen LogP contribution < -0.4 is 5.32 Å². The average Bonchev–Trinajstić information content (AvgIpc) is 2.69. The van der Waals surface area contributed by atoms with Crippen LogP contribution in [0.3, 0.4) is 0 Å². The van der Waals surface area contributed by atoms with Crippen molar-refractivity contribution in [1.82, 2.24) is 20.1 Å². The van der Waals surface area contributed by atoms with Crippen LogP contribution in [0.4, 0.5) is 0 Å². The maximum absolute atomic E-state index is 5.16. The van der Waals surface area contributed by atoms with Gasteiger partial charge in [-0.2, -0.15) is 5.10 Å². The van der Waals surface area contributed by atoms with Gasteiger partial charge >= 0.3 is 0 Å². The van der Waals surface area contributed by atoms with E-state index < -0.39 is 0 Å². The molecule has 1 atom stereocenters. The van der Waals surface area contributed by atoms with E-state index in [1.165, 1.54) is 0 Å². The normalized spacial score (nSPS) is 13.3. The van der Waals surface area contributed by atoms with Crippen LogP contribution in [0.5, 0.6) is 0 Å². The van der Waals surface area contributed by atoms with Crippen molar-refractivity contribution < 1.29 is 4.74 Å². The third-order valence-electron chi connectivity index (χ3n) is 2.36. The van der Waals surface area contributed by atoms with Gasteiger partial charge in [0.25, 0.3) is 0 Å². The molecule has 1 unspecified atom stereocenters. The summed E-state index contributed by atoms with van der Waals surface area (Å²) in [6.45, 7) is 6.84. The lowest BCUT2D eigenvalue weighted by Gasteiger charge is -2.21. The fraction of sp³-hybridized carbons (Fsp3) is 0.800. The number of aromatic nitrogens is 3. The first-order chi connectivity index (χ1) is 7.24. The second kappa shape index (κ2) is 6.53. The Balaban J connectivity index is 2.22. The minimum absolute atomic E-state index is 0.401. The lowest BCUT2D eigenvalue weighted by Crippen LogP contribution is -2.39. The summed E-state index contributed by atoms with van der Waals surface area (Å²) in [6.07, 6.45) is 3.28. The molecule has 0 fully saturated rings. The zero-order valence-corrected chi connectivity index (χ0v) is 9.68. The molecule has 0 saturated carbocycles. The second-order valence-corrected chi connectivity index (χ2v) is 3.92. The van der Waals surface area contributed by atoms with Crippen molar-refractivity contribution >= 4 is 0 Å². The fourth-order valence-corrected chi connectivity index (χ4v) is 1.38. The first kappa shape index (κ1) is 12.1. The Kier molecular flexibility index (Phi) is 5.28. The molecule has 86 valence electrons. The van der Waals surface area contributed by atoms with E-state index in [1.807, 2.05) is 4.68 Å². The van der Waals surface area contributed by atoms with Gasteiger partial charge in [0.2, 0.25) is 0 Å². The molecule has 0 aromatic carbocycles. The Labute approximate surface area is 90.8 Å². The molecule has 0 spiro atoms. The van der Waals surface area contributed by atoms with E-state index in [4.69, 9.17) is 4.74 Å². The highest BCUT2D eigenvalue weighted by molar-refractivity contribution is 4.69. The molecule has 0 aliphatic carbocycles. The minimum atomic E-state index is 0.401. The summed E-state index contributed by atoms with van der Waals surface area (Å²) in [5.41, 5.74) is 0. The van der Waals surface area contributed by atoms with Gasteiger partial charge in [-0.3, -0.25) is 4.68 Å². The van der Waals surface area contributed by atoms with Gasteiger partial charge in [0, 0.05) is 19.7 Å². The molecule has 0 bridgehead atoms. The van der Waals surface area contributed by atoms with Crippen LogP contribution in [0.25, 0.3) is 0 Å². The van der Waals surface area contributed by atoms with E-state index in [1.54, 1.807) is 19.8 Å². The van der Waals surface area contributed by atoms with Gasteiger partial charge in [0.15, 0.2) is 0 Å². The van der Waals surface area contributed by atoms with Gasteiger partial charge in [0.1, 0.15) is 12.7 Å². The lowest BCUT2D eigenvalue weighted by atomic mass is 10.1. The molecule has 0 aliphatic heterocycles. The number of rotatable bonds is 7. The number of nitrogens with one attached hydrogen (secondary N) is 1. The molecule has 1 aromatic rings. The third kappa shape index (κ3) is 4.40. The highest BCUT2D eigenvalue weighted by Gasteiger charge is 2.11. The molecular weight excluding hydrogens is 192 g/mol. The van der Waals surface area contributed by atoms with Crippen molar-refractivity contribution in [2.45, 2.75) is 26.4 Å². The Morgan fingerprint density at radius 1 is 1.47 bits per heavy atom. The standard InChI is InChI=1S/C10H20N4O/c1-9(2)10(6-15-3)12-4-5-14-8-11-7-13-14/h7-10,12H,4-6H2,1-3H3. The fourth-order valence-electron chi connectivity index (χ4n) is 1.38. The largest absolute Gasteiger partial charge is 0.383 e. The van der Waals surface area contributed by atoms with Crippen molar-refractivity contribution in [1.29, 1.82) is 0 Å². The first-order valence-electron chi connectivity index (χ1n) is 5.28. The topological polar surface area (TPSA) is 52.0 Å². The van der Waals surface area contributed by atoms with Crippen molar-refractivity contribution in [2.24, 2.45) is 5.92 Å². The van der Waals surface area contributed by atoms with Crippen LogP contribution in [-0.4, -0.2) is 41.1 Å². The number of ether oxygens (including phenoxy) is 1. The van der Waals surface area contributed by atoms with Crippen LogP contribution in [0.1, 0.15) is 13.8 Å². The van der Waals surface area contributed by atoms with E-state index in [2.05, 4.69) is 29.2 Å². The monoisotopic (exact) mass is 212 g/mol. The Bertz CT molecular complexity index is 248. The van der Waals surface area contributed by atoms with Crippen LogP contribution >= 0.6 is 0 Å². The van der Waals surface area contributed by atoms with E-state index in [9.17, 15) is 0 Å². The summed E-state index contributed by atoms with van der Waals surface area (Å²) in [6, 6.07) is 0.401. The highest BCUT2D eigenvalue weighted by atomic mass is 16.5. The maximum atomic E-state index is 5.16. The minimum Gasteiger partial charge on any atom is -0.383 e. The van der Waals surface area contributed by atoms with Crippen LogP contribution in [0.15, 0.2) is 12.7 Å². The maximum Gasteiger partial charge on any atom is 0.137 e. The van der Waals surface area contributed by atoms with Gasteiger partial charge in [0.05, 0.1) is 13.2 Å². The zero-order chi connectivity index (χ0) is 11.1. The highest BCUT2D eigenvalue weighted by Crippen LogP contribution is 2.01. The Hall–Kier alpha value is -0.940. The average molecular weight is 212 g/mol. The third-order valence-corrected chi connectivity index (χ3v) is 2.36. The second-order valence-electron chi connectivity index (χ2n) is 3.92.